The van der Waals surface area contributed by atoms with E-state index in [0.717, 1.165) is 44.0 Å². The maximum atomic E-state index is 12.6. The minimum Gasteiger partial charge on any atom is -0.334 e. The summed E-state index contributed by atoms with van der Waals surface area (Å²) in [4.78, 5) is 25.2. The van der Waals surface area contributed by atoms with Crippen molar-refractivity contribution in [1.82, 2.24) is 10.6 Å². The zero-order chi connectivity index (χ0) is 24.7. The Labute approximate surface area is 209 Å². The molecule has 0 radical (unpaired) electrons. The molecule has 0 unspecified atom stereocenters. The van der Waals surface area contributed by atoms with Crippen LogP contribution >= 0.6 is 0 Å². The summed E-state index contributed by atoms with van der Waals surface area (Å²) in [7, 11) is 0. The van der Waals surface area contributed by atoms with E-state index in [1.807, 2.05) is 84.9 Å². The number of fused-ring (bicyclic) bond motifs is 2. The van der Waals surface area contributed by atoms with Crippen molar-refractivity contribution in [2.75, 3.05) is 10.6 Å². The molecule has 5 aromatic rings. The molecule has 5 rings (SSSR count). The van der Waals surface area contributed by atoms with Crippen LogP contribution in [0.4, 0.5) is 21.0 Å². The fraction of sp³-hybridized carbons (Fsp3) is 0.0667. The van der Waals surface area contributed by atoms with Gasteiger partial charge in [-0.05, 0) is 56.9 Å². The van der Waals surface area contributed by atoms with Gasteiger partial charge in [-0.1, -0.05) is 84.9 Å². The van der Waals surface area contributed by atoms with E-state index in [0.29, 0.717) is 13.1 Å². The van der Waals surface area contributed by atoms with E-state index in [1.54, 1.807) is 0 Å². The third kappa shape index (κ3) is 5.13. The molecule has 0 fully saturated rings. The number of nitrogens with one attached hydrogen (secondary N) is 4. The summed E-state index contributed by atoms with van der Waals surface area (Å²) in [5.74, 6) is 0. The van der Waals surface area contributed by atoms with E-state index in [2.05, 4.69) is 45.5 Å². The minimum absolute atomic E-state index is 0.266. The summed E-state index contributed by atoms with van der Waals surface area (Å²) in [5, 5.41) is 15.9. The third-order valence-corrected chi connectivity index (χ3v) is 6.07. The van der Waals surface area contributed by atoms with Gasteiger partial charge in [0.15, 0.2) is 0 Å². The standard InChI is InChI=1S/C30H26N4O2/c35-29(33-21-11-3-1-4-12-21)31-19-27-23-15-7-9-17-25(23)28(26-18-10-8-16-24(26)27)20-32-30(36)34-22-13-5-2-6-14-22/h1-18H,19-20H2,(H2,31,33,35)(H2,32,34,36). The number of hydrogen-bond donors (Lipinski definition) is 4. The van der Waals surface area contributed by atoms with Crippen molar-refractivity contribution in [1.29, 1.82) is 0 Å². The molecule has 0 aromatic heterocycles. The van der Waals surface area contributed by atoms with Crippen LogP contribution in [-0.4, -0.2) is 12.1 Å². The van der Waals surface area contributed by atoms with E-state index in [4.69, 9.17) is 0 Å². The molecule has 0 aliphatic carbocycles. The first kappa shape index (κ1) is 22.9. The van der Waals surface area contributed by atoms with Crippen LogP contribution in [0, 0.1) is 0 Å². The quantitative estimate of drug-likeness (QED) is 0.208. The van der Waals surface area contributed by atoms with Gasteiger partial charge in [-0.3, -0.25) is 0 Å². The number of rotatable bonds is 6. The number of carbonyl (C=O) groups excluding carboxylic acids is 2. The number of para-hydroxylation sites is 2. The molecule has 4 amide bonds. The topological polar surface area (TPSA) is 82.3 Å². The van der Waals surface area contributed by atoms with Crippen molar-refractivity contribution in [3.8, 4) is 0 Å². The van der Waals surface area contributed by atoms with Crippen molar-refractivity contribution >= 4 is 45.0 Å². The van der Waals surface area contributed by atoms with Crippen molar-refractivity contribution in [2.45, 2.75) is 13.1 Å². The SMILES string of the molecule is O=C(NCc1c2ccccc2c(CNC(=O)Nc2ccccc2)c2ccccc12)Nc1ccccc1. The number of urea groups is 2. The predicted octanol–water partition coefficient (Wildman–Crippen LogP) is 6.64. The molecular formula is C30H26N4O2. The van der Waals surface area contributed by atoms with Crippen LogP contribution in [0.15, 0.2) is 109 Å². The highest BCUT2D eigenvalue weighted by Gasteiger charge is 2.15. The summed E-state index contributed by atoms with van der Waals surface area (Å²) < 4.78 is 0. The molecule has 36 heavy (non-hydrogen) atoms. The average molecular weight is 475 g/mol. The van der Waals surface area contributed by atoms with Crippen LogP contribution in [-0.2, 0) is 13.1 Å². The van der Waals surface area contributed by atoms with E-state index < -0.39 is 0 Å². The minimum atomic E-state index is -0.266. The maximum absolute atomic E-state index is 12.6. The number of hydrogen-bond acceptors (Lipinski definition) is 2. The lowest BCUT2D eigenvalue weighted by molar-refractivity contribution is 0.251. The Kier molecular flexibility index (Phi) is 6.76. The lowest BCUT2D eigenvalue weighted by Crippen LogP contribution is -2.29. The van der Waals surface area contributed by atoms with E-state index in [1.165, 1.54) is 0 Å². The van der Waals surface area contributed by atoms with Crippen LogP contribution in [0.3, 0.4) is 0 Å². The summed E-state index contributed by atoms with van der Waals surface area (Å²) in [6.07, 6.45) is 0. The van der Waals surface area contributed by atoms with Crippen LogP contribution in [0.2, 0.25) is 0 Å². The van der Waals surface area contributed by atoms with Crippen LogP contribution in [0.1, 0.15) is 11.1 Å². The summed E-state index contributed by atoms with van der Waals surface area (Å²) in [6, 6.07) is 34.4. The summed E-state index contributed by atoms with van der Waals surface area (Å²) in [5.41, 5.74) is 3.53. The number of carbonyl (C=O) groups is 2. The molecule has 0 aliphatic rings. The zero-order valence-electron chi connectivity index (χ0n) is 19.6. The highest BCUT2D eigenvalue weighted by Crippen LogP contribution is 2.33. The fourth-order valence-corrected chi connectivity index (χ4v) is 4.42. The monoisotopic (exact) mass is 474 g/mol. The molecule has 4 N–H and O–H groups in total. The largest absolute Gasteiger partial charge is 0.334 e. The van der Waals surface area contributed by atoms with Crippen LogP contribution in [0.25, 0.3) is 21.5 Å². The molecular weight excluding hydrogens is 448 g/mol. The van der Waals surface area contributed by atoms with Gasteiger partial charge in [0.2, 0.25) is 0 Å². The van der Waals surface area contributed by atoms with E-state index in [-0.39, 0.29) is 12.1 Å². The van der Waals surface area contributed by atoms with Gasteiger partial charge in [0.25, 0.3) is 0 Å². The lowest BCUT2D eigenvalue weighted by Gasteiger charge is -2.18. The van der Waals surface area contributed by atoms with E-state index >= 15 is 0 Å². The number of amides is 4. The van der Waals surface area contributed by atoms with Gasteiger partial charge in [-0.2, -0.15) is 0 Å². The molecule has 0 atom stereocenters. The highest BCUT2D eigenvalue weighted by molar-refractivity contribution is 6.06. The van der Waals surface area contributed by atoms with Gasteiger partial charge in [0, 0.05) is 24.5 Å². The van der Waals surface area contributed by atoms with Gasteiger partial charge in [-0.15, -0.1) is 0 Å². The Morgan fingerprint density at radius 3 is 1.08 bits per heavy atom. The maximum Gasteiger partial charge on any atom is 0.319 e. The Hall–Kier alpha value is -4.84. The Bertz CT molecular complexity index is 1350. The first-order valence-electron chi connectivity index (χ1n) is 11.8. The summed E-state index contributed by atoms with van der Waals surface area (Å²) >= 11 is 0. The Morgan fingerprint density at radius 2 is 0.750 bits per heavy atom. The second-order valence-electron chi connectivity index (χ2n) is 8.40. The molecule has 6 nitrogen and oxygen atoms in total. The summed E-state index contributed by atoms with van der Waals surface area (Å²) in [6.45, 7) is 0.726. The van der Waals surface area contributed by atoms with Gasteiger partial charge < -0.3 is 21.3 Å². The van der Waals surface area contributed by atoms with Crippen molar-refractivity contribution in [3.05, 3.63) is 120 Å². The van der Waals surface area contributed by atoms with Crippen molar-refractivity contribution < 1.29 is 9.59 Å². The Balaban J connectivity index is 1.42. The lowest BCUT2D eigenvalue weighted by atomic mass is 9.91. The molecule has 0 saturated carbocycles. The Morgan fingerprint density at radius 1 is 0.444 bits per heavy atom. The van der Waals surface area contributed by atoms with Gasteiger partial charge in [0.05, 0.1) is 0 Å². The second-order valence-corrected chi connectivity index (χ2v) is 8.40. The first-order chi connectivity index (χ1) is 17.7. The van der Waals surface area contributed by atoms with E-state index in [9.17, 15) is 9.59 Å². The molecule has 0 spiro atoms. The van der Waals surface area contributed by atoms with Gasteiger partial charge in [0.1, 0.15) is 0 Å². The average Bonchev–Trinajstić information content (AvgIpc) is 2.91. The molecule has 0 heterocycles. The van der Waals surface area contributed by atoms with Crippen molar-refractivity contribution in [3.63, 3.8) is 0 Å². The number of benzene rings is 5. The predicted molar refractivity (Wildman–Crippen MR) is 146 cm³/mol. The molecule has 5 aromatic carbocycles. The van der Waals surface area contributed by atoms with Crippen molar-refractivity contribution in [2.24, 2.45) is 0 Å². The van der Waals surface area contributed by atoms with Gasteiger partial charge >= 0.3 is 12.1 Å². The zero-order valence-corrected chi connectivity index (χ0v) is 19.6. The van der Waals surface area contributed by atoms with Crippen LogP contribution < -0.4 is 21.3 Å². The molecule has 0 bridgehead atoms. The smallest absolute Gasteiger partial charge is 0.319 e. The van der Waals surface area contributed by atoms with Crippen LogP contribution in [0.5, 0.6) is 0 Å². The second kappa shape index (κ2) is 10.6. The first-order valence-corrected chi connectivity index (χ1v) is 11.8. The molecule has 178 valence electrons. The molecule has 0 aliphatic heterocycles. The third-order valence-electron chi connectivity index (χ3n) is 6.07. The highest BCUT2D eigenvalue weighted by atomic mass is 16.2. The number of anilines is 2. The fourth-order valence-electron chi connectivity index (χ4n) is 4.42. The van der Waals surface area contributed by atoms with Gasteiger partial charge in [-0.25, -0.2) is 9.59 Å². The normalized spacial score (nSPS) is 10.7. The molecule has 0 saturated heterocycles. The molecule has 6 heteroatoms.